The third-order valence-electron chi connectivity index (χ3n) is 3.18. The normalized spacial score (nSPS) is 13.3. The Kier molecular flexibility index (Phi) is 7.73. The Balaban J connectivity index is 2.84. The van der Waals surface area contributed by atoms with Crippen molar-refractivity contribution in [1.29, 1.82) is 0 Å². The smallest absolute Gasteiger partial charge is 0.241 e. The highest BCUT2D eigenvalue weighted by molar-refractivity contribution is 7.99. The van der Waals surface area contributed by atoms with Gasteiger partial charge in [0.1, 0.15) is 0 Å². The Hall–Kier alpha value is -0.560. The van der Waals surface area contributed by atoms with Crippen molar-refractivity contribution in [3.63, 3.8) is 0 Å². The minimum Gasteiger partial charge on any atom is -0.316 e. The zero-order valence-electron chi connectivity index (χ0n) is 13.3. The van der Waals surface area contributed by atoms with E-state index in [1.807, 2.05) is 44.8 Å². The van der Waals surface area contributed by atoms with Crippen LogP contribution in [0.25, 0.3) is 0 Å². The second-order valence-electron chi connectivity index (χ2n) is 5.14. The van der Waals surface area contributed by atoms with Gasteiger partial charge >= 0.3 is 0 Å². The molecule has 0 bridgehead atoms. The SMILES string of the molecule is CCSCCC(C)NS(=O)(=O)c1cc(CNC)ccc1C. The Bertz CT molecular complexity index is 545. The lowest BCUT2D eigenvalue weighted by Gasteiger charge is -2.16. The molecule has 0 aliphatic carbocycles. The van der Waals surface area contributed by atoms with Gasteiger partial charge in [0.2, 0.25) is 10.0 Å². The molecule has 0 radical (unpaired) electrons. The quantitative estimate of drug-likeness (QED) is 0.683. The highest BCUT2D eigenvalue weighted by atomic mass is 32.2. The van der Waals surface area contributed by atoms with Gasteiger partial charge in [-0.25, -0.2) is 13.1 Å². The average Bonchev–Trinajstić information content (AvgIpc) is 2.41. The lowest BCUT2D eigenvalue weighted by atomic mass is 10.1. The Morgan fingerprint density at radius 2 is 2.05 bits per heavy atom. The fraction of sp³-hybridized carbons (Fsp3) is 0.600. The van der Waals surface area contributed by atoms with Crippen LogP contribution in [0.3, 0.4) is 0 Å². The van der Waals surface area contributed by atoms with Crippen molar-refractivity contribution < 1.29 is 8.42 Å². The van der Waals surface area contributed by atoms with E-state index in [0.29, 0.717) is 11.4 Å². The van der Waals surface area contributed by atoms with E-state index in [2.05, 4.69) is 17.0 Å². The molecule has 2 N–H and O–H groups in total. The summed E-state index contributed by atoms with van der Waals surface area (Å²) >= 11 is 1.83. The summed E-state index contributed by atoms with van der Waals surface area (Å²) in [5, 5.41) is 3.04. The highest BCUT2D eigenvalue weighted by Crippen LogP contribution is 2.18. The van der Waals surface area contributed by atoms with E-state index in [9.17, 15) is 8.42 Å². The van der Waals surface area contributed by atoms with Crippen molar-refractivity contribution in [2.45, 2.75) is 44.7 Å². The molecule has 4 nitrogen and oxygen atoms in total. The minimum absolute atomic E-state index is 0.0543. The van der Waals surface area contributed by atoms with Gasteiger partial charge in [-0.05, 0) is 56.0 Å². The predicted molar refractivity (Wildman–Crippen MR) is 91.3 cm³/mol. The molecule has 0 aliphatic rings. The molecular formula is C15H26N2O2S2. The van der Waals surface area contributed by atoms with E-state index in [4.69, 9.17) is 0 Å². The Labute approximate surface area is 133 Å². The number of aryl methyl sites for hydroxylation is 1. The molecule has 21 heavy (non-hydrogen) atoms. The Morgan fingerprint density at radius 3 is 2.67 bits per heavy atom. The fourth-order valence-corrected chi connectivity index (χ4v) is 4.42. The van der Waals surface area contributed by atoms with E-state index in [1.165, 1.54) is 0 Å². The third kappa shape index (κ3) is 5.98. The summed E-state index contributed by atoms with van der Waals surface area (Å²) in [7, 11) is -1.61. The standard InChI is InChI=1S/C15H26N2O2S2/c1-5-20-9-8-13(3)17-21(18,19)15-10-14(11-16-4)7-6-12(15)2/h6-7,10,13,16-17H,5,8-9,11H2,1-4H3. The van der Waals surface area contributed by atoms with Crippen LogP contribution in [0.1, 0.15) is 31.4 Å². The largest absolute Gasteiger partial charge is 0.316 e. The summed E-state index contributed by atoms with van der Waals surface area (Å²) in [6.45, 7) is 6.51. The molecule has 0 saturated heterocycles. The number of sulfonamides is 1. The molecule has 0 amide bonds. The molecule has 0 saturated carbocycles. The maximum atomic E-state index is 12.5. The van der Waals surface area contributed by atoms with Crippen molar-refractivity contribution in [3.8, 4) is 0 Å². The van der Waals surface area contributed by atoms with Crippen molar-refractivity contribution in [1.82, 2.24) is 10.0 Å². The average molecular weight is 331 g/mol. The number of hydrogen-bond acceptors (Lipinski definition) is 4. The molecule has 1 unspecified atom stereocenters. The molecule has 0 aromatic heterocycles. The highest BCUT2D eigenvalue weighted by Gasteiger charge is 2.19. The van der Waals surface area contributed by atoms with Crippen LogP contribution < -0.4 is 10.0 Å². The van der Waals surface area contributed by atoms with E-state index in [0.717, 1.165) is 29.1 Å². The molecule has 6 heteroatoms. The zero-order chi connectivity index (χ0) is 15.9. The topological polar surface area (TPSA) is 58.2 Å². The zero-order valence-corrected chi connectivity index (χ0v) is 14.9. The maximum absolute atomic E-state index is 12.5. The van der Waals surface area contributed by atoms with Crippen LogP contribution in [-0.2, 0) is 16.6 Å². The van der Waals surface area contributed by atoms with Gasteiger partial charge in [0.25, 0.3) is 0 Å². The van der Waals surface area contributed by atoms with Crippen LogP contribution in [0.2, 0.25) is 0 Å². The van der Waals surface area contributed by atoms with Crippen molar-refractivity contribution in [3.05, 3.63) is 29.3 Å². The first-order valence-electron chi connectivity index (χ1n) is 7.25. The van der Waals surface area contributed by atoms with Crippen LogP contribution in [0.4, 0.5) is 0 Å². The van der Waals surface area contributed by atoms with Gasteiger partial charge in [-0.15, -0.1) is 0 Å². The van der Waals surface area contributed by atoms with Gasteiger partial charge in [-0.1, -0.05) is 19.1 Å². The number of rotatable bonds is 9. The van der Waals surface area contributed by atoms with E-state index >= 15 is 0 Å². The first kappa shape index (κ1) is 18.5. The summed E-state index contributed by atoms with van der Waals surface area (Å²) in [5.41, 5.74) is 1.75. The van der Waals surface area contributed by atoms with Gasteiger partial charge < -0.3 is 5.32 Å². The van der Waals surface area contributed by atoms with Crippen LogP contribution in [0, 0.1) is 6.92 Å². The van der Waals surface area contributed by atoms with Crippen LogP contribution in [0.5, 0.6) is 0 Å². The number of benzene rings is 1. The molecular weight excluding hydrogens is 304 g/mol. The fourth-order valence-electron chi connectivity index (χ4n) is 2.04. The molecule has 1 atom stereocenters. The number of nitrogens with one attached hydrogen (secondary N) is 2. The molecule has 120 valence electrons. The molecule has 1 aromatic rings. The maximum Gasteiger partial charge on any atom is 0.241 e. The van der Waals surface area contributed by atoms with E-state index < -0.39 is 10.0 Å². The second-order valence-corrected chi connectivity index (χ2v) is 8.21. The summed E-state index contributed by atoms with van der Waals surface area (Å²) in [4.78, 5) is 0.380. The van der Waals surface area contributed by atoms with Gasteiger partial charge in [-0.3, -0.25) is 0 Å². The summed E-state index contributed by atoms with van der Waals surface area (Å²) < 4.78 is 27.8. The molecule has 0 spiro atoms. The summed E-state index contributed by atoms with van der Waals surface area (Å²) in [6.07, 6.45) is 0.840. The van der Waals surface area contributed by atoms with Crippen LogP contribution in [0.15, 0.2) is 23.1 Å². The van der Waals surface area contributed by atoms with Gasteiger partial charge in [0.05, 0.1) is 4.90 Å². The lowest BCUT2D eigenvalue weighted by molar-refractivity contribution is 0.556. The first-order valence-corrected chi connectivity index (χ1v) is 9.88. The molecule has 1 rings (SSSR count). The number of hydrogen-bond donors (Lipinski definition) is 2. The molecule has 1 aromatic carbocycles. The van der Waals surface area contributed by atoms with E-state index in [1.54, 1.807) is 6.07 Å². The van der Waals surface area contributed by atoms with Gasteiger partial charge in [0.15, 0.2) is 0 Å². The summed E-state index contributed by atoms with van der Waals surface area (Å²) in [6, 6.07) is 5.51. The minimum atomic E-state index is -3.46. The lowest BCUT2D eigenvalue weighted by Crippen LogP contribution is -2.33. The molecule has 0 fully saturated rings. The van der Waals surface area contributed by atoms with Crippen molar-refractivity contribution in [2.75, 3.05) is 18.6 Å². The van der Waals surface area contributed by atoms with Crippen LogP contribution in [-0.4, -0.2) is 33.0 Å². The third-order valence-corrected chi connectivity index (χ3v) is 5.84. The number of thioether (sulfide) groups is 1. The predicted octanol–water partition coefficient (Wildman–Crippen LogP) is 2.52. The van der Waals surface area contributed by atoms with Crippen LogP contribution >= 0.6 is 11.8 Å². The van der Waals surface area contributed by atoms with Crippen molar-refractivity contribution >= 4 is 21.8 Å². The summed E-state index contributed by atoms with van der Waals surface area (Å²) in [5.74, 6) is 2.03. The van der Waals surface area contributed by atoms with Gasteiger partial charge in [0, 0.05) is 12.6 Å². The monoisotopic (exact) mass is 330 g/mol. The molecule has 0 heterocycles. The first-order chi connectivity index (χ1) is 9.90. The van der Waals surface area contributed by atoms with E-state index in [-0.39, 0.29) is 6.04 Å². The van der Waals surface area contributed by atoms with Gasteiger partial charge in [-0.2, -0.15) is 11.8 Å². The molecule has 0 aliphatic heterocycles. The van der Waals surface area contributed by atoms with Crippen molar-refractivity contribution in [2.24, 2.45) is 0 Å². The Morgan fingerprint density at radius 1 is 1.33 bits per heavy atom. The second kappa shape index (κ2) is 8.78.